The van der Waals surface area contributed by atoms with Crippen molar-refractivity contribution in [3.05, 3.63) is 16.4 Å². The largest absolute Gasteiger partial charge is 0.314 e. The normalized spacial score (nSPS) is 18.6. The maximum absolute atomic E-state index is 6.38. The zero-order valence-electron chi connectivity index (χ0n) is 12.5. The van der Waals surface area contributed by atoms with E-state index in [0.29, 0.717) is 11.8 Å². The van der Waals surface area contributed by atoms with Gasteiger partial charge in [0.15, 0.2) is 0 Å². The molecule has 2 atom stereocenters. The molecule has 0 aromatic carbocycles. The van der Waals surface area contributed by atoms with Crippen LogP contribution in [0, 0.1) is 18.8 Å². The van der Waals surface area contributed by atoms with Crippen LogP contribution in [0.3, 0.4) is 0 Å². The third-order valence-corrected chi connectivity index (χ3v) is 4.74. The average Bonchev–Trinajstić information content (AvgIpc) is 3.18. The summed E-state index contributed by atoms with van der Waals surface area (Å²) in [4.78, 5) is 0. The number of aryl methyl sites for hydroxylation is 2. The molecule has 1 heterocycles. The Morgan fingerprint density at radius 3 is 2.63 bits per heavy atom. The van der Waals surface area contributed by atoms with E-state index in [1.165, 1.54) is 18.5 Å². The molecule has 0 amide bonds. The second kappa shape index (κ2) is 6.27. The van der Waals surface area contributed by atoms with Crippen LogP contribution in [0.2, 0.25) is 5.02 Å². The first-order chi connectivity index (χ1) is 9.02. The van der Waals surface area contributed by atoms with Crippen LogP contribution in [-0.2, 0) is 13.0 Å². The third-order valence-electron chi connectivity index (χ3n) is 4.25. The molecule has 0 radical (unpaired) electrons. The monoisotopic (exact) mass is 283 g/mol. The van der Waals surface area contributed by atoms with Gasteiger partial charge in [-0.05, 0) is 51.5 Å². The average molecular weight is 284 g/mol. The maximum Gasteiger partial charge on any atom is 0.0847 e. The van der Waals surface area contributed by atoms with Gasteiger partial charge in [0.25, 0.3) is 0 Å². The second-order valence-corrected chi connectivity index (χ2v) is 6.38. The van der Waals surface area contributed by atoms with E-state index in [0.717, 1.165) is 36.3 Å². The molecule has 0 aliphatic heterocycles. The van der Waals surface area contributed by atoms with Crippen LogP contribution in [-0.4, -0.2) is 22.4 Å². The molecule has 1 aromatic heterocycles. The summed E-state index contributed by atoms with van der Waals surface area (Å²) in [5, 5.41) is 8.97. The zero-order valence-corrected chi connectivity index (χ0v) is 13.3. The van der Waals surface area contributed by atoms with E-state index in [1.54, 1.807) is 0 Å². The number of halogens is 1. The molecular weight excluding hydrogens is 258 g/mol. The molecule has 1 saturated carbocycles. The minimum absolute atomic E-state index is 0.616. The van der Waals surface area contributed by atoms with Gasteiger partial charge in [-0.1, -0.05) is 25.4 Å². The number of rotatable bonds is 7. The summed E-state index contributed by atoms with van der Waals surface area (Å²) in [6.45, 7) is 10.8. The van der Waals surface area contributed by atoms with Crippen molar-refractivity contribution < 1.29 is 0 Å². The molecule has 1 aliphatic carbocycles. The molecule has 2 unspecified atom stereocenters. The number of nitrogens with zero attached hydrogens (tertiary/aromatic N) is 2. The van der Waals surface area contributed by atoms with Gasteiger partial charge >= 0.3 is 0 Å². The third kappa shape index (κ3) is 3.73. The van der Waals surface area contributed by atoms with E-state index in [9.17, 15) is 0 Å². The van der Waals surface area contributed by atoms with Gasteiger partial charge in [-0.3, -0.25) is 4.68 Å². The molecule has 108 valence electrons. The molecule has 1 aliphatic rings. The standard InChI is InChI=1S/C15H26ClN3/c1-5-19-14(15(16)12(4)18-19)8-10(2)11(3)9-17-13-6-7-13/h10-11,13,17H,5-9H2,1-4H3. The molecule has 19 heavy (non-hydrogen) atoms. The highest BCUT2D eigenvalue weighted by molar-refractivity contribution is 6.31. The van der Waals surface area contributed by atoms with Gasteiger partial charge in [-0.15, -0.1) is 0 Å². The molecule has 1 aromatic rings. The highest BCUT2D eigenvalue weighted by Gasteiger charge is 2.23. The number of hydrogen-bond acceptors (Lipinski definition) is 2. The molecule has 3 nitrogen and oxygen atoms in total. The topological polar surface area (TPSA) is 29.9 Å². The predicted octanol–water partition coefficient (Wildman–Crippen LogP) is 3.43. The van der Waals surface area contributed by atoms with Gasteiger partial charge < -0.3 is 5.32 Å². The highest BCUT2D eigenvalue weighted by Crippen LogP contribution is 2.26. The minimum Gasteiger partial charge on any atom is -0.314 e. The Bertz CT molecular complexity index is 423. The molecular formula is C15H26ClN3. The van der Waals surface area contributed by atoms with Crippen molar-refractivity contribution >= 4 is 11.6 Å². The molecule has 1 N–H and O–H groups in total. The summed E-state index contributed by atoms with van der Waals surface area (Å²) >= 11 is 6.38. The van der Waals surface area contributed by atoms with E-state index >= 15 is 0 Å². The molecule has 4 heteroatoms. The smallest absolute Gasteiger partial charge is 0.0847 e. The summed E-state index contributed by atoms with van der Waals surface area (Å²) in [5.41, 5.74) is 2.15. The fraction of sp³-hybridized carbons (Fsp3) is 0.800. The van der Waals surface area contributed by atoms with Gasteiger partial charge in [0.2, 0.25) is 0 Å². The first-order valence-electron chi connectivity index (χ1n) is 7.48. The molecule has 0 spiro atoms. The number of aromatic nitrogens is 2. The van der Waals surface area contributed by atoms with Crippen LogP contribution in [0.25, 0.3) is 0 Å². The lowest BCUT2D eigenvalue weighted by molar-refractivity contribution is 0.356. The van der Waals surface area contributed by atoms with Crippen LogP contribution in [0.1, 0.15) is 45.0 Å². The first kappa shape index (κ1) is 14.9. The van der Waals surface area contributed by atoms with E-state index in [4.69, 9.17) is 11.6 Å². The van der Waals surface area contributed by atoms with Gasteiger partial charge in [-0.2, -0.15) is 5.10 Å². The summed E-state index contributed by atoms with van der Waals surface area (Å²) in [5.74, 6) is 1.28. The minimum atomic E-state index is 0.616. The fourth-order valence-electron chi connectivity index (χ4n) is 2.41. The van der Waals surface area contributed by atoms with Crippen LogP contribution >= 0.6 is 11.6 Å². The second-order valence-electron chi connectivity index (χ2n) is 6.00. The van der Waals surface area contributed by atoms with Crippen LogP contribution in [0.4, 0.5) is 0 Å². The highest BCUT2D eigenvalue weighted by atomic mass is 35.5. The summed E-state index contributed by atoms with van der Waals surface area (Å²) in [6.07, 6.45) is 3.73. The van der Waals surface area contributed by atoms with Crippen molar-refractivity contribution in [2.75, 3.05) is 6.54 Å². The number of nitrogens with one attached hydrogen (secondary N) is 1. The molecule has 2 rings (SSSR count). The Morgan fingerprint density at radius 1 is 1.37 bits per heavy atom. The van der Waals surface area contributed by atoms with Gasteiger partial charge in [-0.25, -0.2) is 0 Å². The van der Waals surface area contributed by atoms with Crippen LogP contribution in [0.15, 0.2) is 0 Å². The lowest BCUT2D eigenvalue weighted by Gasteiger charge is -2.21. The summed E-state index contributed by atoms with van der Waals surface area (Å²) in [6, 6.07) is 0.793. The lowest BCUT2D eigenvalue weighted by atomic mass is 9.91. The summed E-state index contributed by atoms with van der Waals surface area (Å²) in [7, 11) is 0. The Balaban J connectivity index is 1.94. The number of hydrogen-bond donors (Lipinski definition) is 1. The predicted molar refractivity (Wildman–Crippen MR) is 80.7 cm³/mol. The van der Waals surface area contributed by atoms with Crippen molar-refractivity contribution in [2.24, 2.45) is 11.8 Å². The Morgan fingerprint density at radius 2 is 2.05 bits per heavy atom. The SMILES string of the molecule is CCn1nc(C)c(Cl)c1CC(C)C(C)CNC1CC1. The quantitative estimate of drug-likeness (QED) is 0.831. The Hall–Kier alpha value is -0.540. The Labute approximate surface area is 121 Å². The fourth-order valence-corrected chi connectivity index (χ4v) is 2.62. The first-order valence-corrected chi connectivity index (χ1v) is 7.85. The molecule has 0 saturated heterocycles. The van der Waals surface area contributed by atoms with Crippen LogP contribution < -0.4 is 5.32 Å². The van der Waals surface area contributed by atoms with E-state index in [1.807, 2.05) is 6.92 Å². The Kier molecular flexibility index (Phi) is 4.91. The van der Waals surface area contributed by atoms with E-state index < -0.39 is 0 Å². The molecule has 0 bridgehead atoms. The van der Waals surface area contributed by atoms with Crippen molar-refractivity contribution in [1.82, 2.24) is 15.1 Å². The molecule has 1 fully saturated rings. The lowest BCUT2D eigenvalue weighted by Crippen LogP contribution is -2.28. The van der Waals surface area contributed by atoms with Crippen molar-refractivity contribution in [1.29, 1.82) is 0 Å². The van der Waals surface area contributed by atoms with E-state index in [-0.39, 0.29) is 0 Å². The van der Waals surface area contributed by atoms with Crippen LogP contribution in [0.5, 0.6) is 0 Å². The summed E-state index contributed by atoms with van der Waals surface area (Å²) < 4.78 is 2.05. The van der Waals surface area contributed by atoms with E-state index in [2.05, 4.69) is 35.9 Å². The zero-order chi connectivity index (χ0) is 14.0. The van der Waals surface area contributed by atoms with Gasteiger partial charge in [0.1, 0.15) is 0 Å². The van der Waals surface area contributed by atoms with Crippen molar-refractivity contribution in [3.63, 3.8) is 0 Å². The maximum atomic E-state index is 6.38. The van der Waals surface area contributed by atoms with Gasteiger partial charge in [0.05, 0.1) is 16.4 Å². The van der Waals surface area contributed by atoms with Crippen molar-refractivity contribution in [2.45, 2.75) is 59.5 Å². The van der Waals surface area contributed by atoms with Gasteiger partial charge in [0, 0.05) is 12.6 Å². The van der Waals surface area contributed by atoms with Crippen molar-refractivity contribution in [3.8, 4) is 0 Å².